The maximum Gasteiger partial charge on any atom is 0.147 e. The summed E-state index contributed by atoms with van der Waals surface area (Å²) >= 11 is 6.30. The van der Waals surface area contributed by atoms with E-state index >= 15 is 0 Å². The van der Waals surface area contributed by atoms with E-state index in [0.29, 0.717) is 17.1 Å². The van der Waals surface area contributed by atoms with Crippen LogP contribution < -0.4 is 0 Å². The average molecular weight is 440 g/mol. The molecule has 2 aromatic heterocycles. The summed E-state index contributed by atoms with van der Waals surface area (Å²) in [4.78, 5) is 4.15. The van der Waals surface area contributed by atoms with Gasteiger partial charge in [-0.15, -0.1) is 5.10 Å². The third-order valence-electron chi connectivity index (χ3n) is 5.75. The van der Waals surface area contributed by atoms with Gasteiger partial charge in [-0.25, -0.2) is 18.4 Å². The molecule has 0 amide bonds. The fraction of sp³-hybridized carbons (Fsp3) is 0.261. The van der Waals surface area contributed by atoms with Crippen LogP contribution in [0.5, 0.6) is 0 Å². The second kappa shape index (κ2) is 7.89. The molecule has 0 fully saturated rings. The summed E-state index contributed by atoms with van der Waals surface area (Å²) in [7, 11) is 0. The van der Waals surface area contributed by atoms with Crippen LogP contribution in [0, 0.1) is 18.6 Å². The summed E-state index contributed by atoms with van der Waals surface area (Å²) < 4.78 is 31.8. The van der Waals surface area contributed by atoms with Gasteiger partial charge in [-0.1, -0.05) is 28.9 Å². The molecule has 5 rings (SSSR count). The first-order valence-corrected chi connectivity index (χ1v) is 10.5. The SMILES string of the molecule is Cc1cn(-c2ccc(Cc3nnn4c3CCCC4c3ccc(F)cc3Cl)cc2F)cn1. The molecule has 0 saturated heterocycles. The third-order valence-corrected chi connectivity index (χ3v) is 6.08. The van der Waals surface area contributed by atoms with Crippen molar-refractivity contribution in [2.24, 2.45) is 0 Å². The number of halogens is 3. The first kappa shape index (κ1) is 19.9. The molecule has 0 radical (unpaired) electrons. The van der Waals surface area contributed by atoms with E-state index in [1.807, 2.05) is 17.7 Å². The summed E-state index contributed by atoms with van der Waals surface area (Å²) in [6, 6.07) is 9.56. The lowest BCUT2D eigenvalue weighted by Gasteiger charge is -2.25. The zero-order chi connectivity index (χ0) is 21.5. The largest absolute Gasteiger partial charge is 0.303 e. The number of hydrogen-bond acceptors (Lipinski definition) is 3. The Balaban J connectivity index is 1.43. The van der Waals surface area contributed by atoms with Gasteiger partial charge in [0.1, 0.15) is 11.6 Å². The molecule has 8 heteroatoms. The van der Waals surface area contributed by atoms with Crippen molar-refractivity contribution in [3.8, 4) is 5.69 Å². The highest BCUT2D eigenvalue weighted by Gasteiger charge is 2.27. The summed E-state index contributed by atoms with van der Waals surface area (Å²) in [6.45, 7) is 1.87. The molecular formula is C23H20ClF2N5. The van der Waals surface area contributed by atoms with Gasteiger partial charge in [0.25, 0.3) is 0 Å². The van der Waals surface area contributed by atoms with E-state index in [2.05, 4.69) is 15.3 Å². The molecule has 158 valence electrons. The fourth-order valence-corrected chi connectivity index (χ4v) is 4.55. The molecule has 4 aromatic rings. The highest BCUT2D eigenvalue weighted by Crippen LogP contribution is 2.35. The molecule has 1 atom stereocenters. The minimum absolute atomic E-state index is 0.0818. The molecule has 1 aliphatic heterocycles. The van der Waals surface area contributed by atoms with Crippen LogP contribution in [0.4, 0.5) is 8.78 Å². The Labute approximate surface area is 183 Å². The standard InChI is InChI=1S/C23H20ClF2N5/c1-14-12-30(13-27-14)22-8-5-15(9-19(22)26)10-20-23-4-2-3-21(31(23)29-28-20)17-7-6-16(25)11-18(17)24/h5-9,11-13,21H,2-4,10H2,1H3. The number of rotatable bonds is 4. The monoisotopic (exact) mass is 439 g/mol. The topological polar surface area (TPSA) is 48.5 Å². The van der Waals surface area contributed by atoms with Gasteiger partial charge in [0.15, 0.2) is 0 Å². The Bertz CT molecular complexity index is 1260. The first-order valence-electron chi connectivity index (χ1n) is 10.2. The second-order valence-electron chi connectivity index (χ2n) is 7.89. The molecule has 2 aromatic carbocycles. The Hall–Kier alpha value is -3.06. The van der Waals surface area contributed by atoms with Crippen molar-refractivity contribution in [3.63, 3.8) is 0 Å². The number of imidazole rings is 1. The van der Waals surface area contributed by atoms with Crippen LogP contribution in [0.3, 0.4) is 0 Å². The Morgan fingerprint density at radius 2 is 2.03 bits per heavy atom. The predicted octanol–water partition coefficient (Wildman–Crippen LogP) is 5.22. The highest BCUT2D eigenvalue weighted by atomic mass is 35.5. The van der Waals surface area contributed by atoms with Crippen LogP contribution >= 0.6 is 11.6 Å². The van der Waals surface area contributed by atoms with Crippen LogP contribution in [0.15, 0.2) is 48.9 Å². The second-order valence-corrected chi connectivity index (χ2v) is 8.29. The Morgan fingerprint density at radius 3 is 2.77 bits per heavy atom. The van der Waals surface area contributed by atoms with Crippen LogP contribution in [0.1, 0.15) is 47.1 Å². The number of hydrogen-bond donors (Lipinski definition) is 0. The molecule has 3 heterocycles. The van der Waals surface area contributed by atoms with Gasteiger partial charge in [0, 0.05) is 17.6 Å². The van der Waals surface area contributed by atoms with Crippen LogP contribution in [0.25, 0.3) is 5.69 Å². The van der Waals surface area contributed by atoms with E-state index in [1.54, 1.807) is 29.2 Å². The number of aryl methyl sites for hydroxylation is 1. The molecule has 0 N–H and O–H groups in total. The number of benzene rings is 2. The van der Waals surface area contributed by atoms with Gasteiger partial charge in [0.2, 0.25) is 0 Å². The first-order chi connectivity index (χ1) is 15.0. The van der Waals surface area contributed by atoms with Crippen LogP contribution in [-0.2, 0) is 12.8 Å². The number of fused-ring (bicyclic) bond motifs is 1. The molecule has 1 unspecified atom stereocenters. The lowest BCUT2D eigenvalue weighted by Crippen LogP contribution is -2.21. The fourth-order valence-electron chi connectivity index (χ4n) is 4.25. The summed E-state index contributed by atoms with van der Waals surface area (Å²) in [5.74, 6) is -0.674. The zero-order valence-electron chi connectivity index (χ0n) is 16.9. The van der Waals surface area contributed by atoms with E-state index < -0.39 is 0 Å². The Morgan fingerprint density at radius 1 is 1.16 bits per heavy atom. The van der Waals surface area contributed by atoms with E-state index in [1.165, 1.54) is 18.2 Å². The van der Waals surface area contributed by atoms with Crippen molar-refractivity contribution in [1.82, 2.24) is 24.5 Å². The minimum atomic E-state index is -0.361. The van der Waals surface area contributed by atoms with Crippen molar-refractivity contribution in [3.05, 3.63) is 93.8 Å². The van der Waals surface area contributed by atoms with Gasteiger partial charge >= 0.3 is 0 Å². The van der Waals surface area contributed by atoms with Crippen molar-refractivity contribution >= 4 is 11.6 Å². The predicted molar refractivity (Wildman–Crippen MR) is 114 cm³/mol. The van der Waals surface area contributed by atoms with Gasteiger partial charge in [-0.2, -0.15) is 0 Å². The van der Waals surface area contributed by atoms with Crippen molar-refractivity contribution < 1.29 is 8.78 Å². The third kappa shape index (κ3) is 3.74. The quantitative estimate of drug-likeness (QED) is 0.438. The summed E-state index contributed by atoms with van der Waals surface area (Å²) in [5.41, 5.74) is 4.80. The normalized spacial score (nSPS) is 15.8. The lowest BCUT2D eigenvalue weighted by molar-refractivity contribution is 0.408. The molecule has 0 saturated carbocycles. The van der Waals surface area contributed by atoms with E-state index in [9.17, 15) is 8.78 Å². The van der Waals surface area contributed by atoms with Gasteiger partial charge in [0.05, 0.1) is 35.1 Å². The van der Waals surface area contributed by atoms with Crippen molar-refractivity contribution in [1.29, 1.82) is 0 Å². The lowest BCUT2D eigenvalue weighted by atomic mass is 9.95. The molecule has 1 aliphatic rings. The van der Waals surface area contributed by atoms with E-state index in [0.717, 1.165) is 47.5 Å². The molecule has 0 aliphatic carbocycles. The number of nitrogens with zero attached hydrogens (tertiary/aromatic N) is 5. The maximum atomic E-state index is 14.7. The number of aromatic nitrogens is 5. The molecule has 0 spiro atoms. The summed E-state index contributed by atoms with van der Waals surface area (Å²) in [6.07, 6.45) is 6.52. The Kier molecular flexibility index (Phi) is 5.06. The smallest absolute Gasteiger partial charge is 0.147 e. The van der Waals surface area contributed by atoms with Crippen LogP contribution in [-0.4, -0.2) is 24.5 Å². The van der Waals surface area contributed by atoms with Gasteiger partial charge in [-0.05, 0) is 61.6 Å². The highest BCUT2D eigenvalue weighted by molar-refractivity contribution is 6.31. The zero-order valence-corrected chi connectivity index (χ0v) is 17.7. The van der Waals surface area contributed by atoms with E-state index in [4.69, 9.17) is 11.6 Å². The van der Waals surface area contributed by atoms with Gasteiger partial charge in [-0.3, -0.25) is 0 Å². The summed E-state index contributed by atoms with van der Waals surface area (Å²) in [5, 5.41) is 9.15. The molecule has 5 nitrogen and oxygen atoms in total. The van der Waals surface area contributed by atoms with Crippen molar-refractivity contribution in [2.75, 3.05) is 0 Å². The maximum absolute atomic E-state index is 14.7. The molecular weight excluding hydrogens is 420 g/mol. The van der Waals surface area contributed by atoms with Gasteiger partial charge < -0.3 is 4.57 Å². The minimum Gasteiger partial charge on any atom is -0.303 e. The molecule has 0 bridgehead atoms. The van der Waals surface area contributed by atoms with E-state index in [-0.39, 0.29) is 17.7 Å². The average Bonchev–Trinajstić information content (AvgIpc) is 3.35. The molecule has 31 heavy (non-hydrogen) atoms. The van der Waals surface area contributed by atoms with Crippen LogP contribution in [0.2, 0.25) is 5.02 Å². The van der Waals surface area contributed by atoms with Crippen molar-refractivity contribution in [2.45, 2.75) is 38.6 Å².